The van der Waals surface area contributed by atoms with Crippen LogP contribution in [0.25, 0.3) is 0 Å². The van der Waals surface area contributed by atoms with Gasteiger partial charge in [0.1, 0.15) is 23.2 Å². The minimum absolute atomic E-state index is 0.00623. The second-order valence-corrected chi connectivity index (χ2v) is 9.24. The largest absolute Gasteiger partial charge is 0.322 e. The fraction of sp³-hybridized carbons (Fsp3) is 0.0500. The van der Waals surface area contributed by atoms with E-state index in [1.165, 1.54) is 24.3 Å². The maximum Gasteiger partial charge on any atom is 0.289 e. The van der Waals surface area contributed by atoms with Gasteiger partial charge in [0, 0.05) is 17.2 Å². The summed E-state index contributed by atoms with van der Waals surface area (Å²) in [6.45, 7) is -0.836. The van der Waals surface area contributed by atoms with E-state index in [2.05, 4.69) is 5.32 Å². The summed E-state index contributed by atoms with van der Waals surface area (Å²) in [5, 5.41) is 13.4. The highest BCUT2D eigenvalue weighted by Crippen LogP contribution is 2.31. The van der Waals surface area contributed by atoms with Crippen molar-refractivity contribution in [2.24, 2.45) is 0 Å². The van der Waals surface area contributed by atoms with E-state index >= 15 is 0 Å². The molecule has 8 nitrogen and oxygen atoms in total. The number of nitrogens with zero attached hydrogens (tertiary/aromatic N) is 2. The fourth-order valence-corrected chi connectivity index (χ4v) is 4.51. The summed E-state index contributed by atoms with van der Waals surface area (Å²) in [4.78, 5) is 22.4. The molecule has 0 atom stereocenters. The lowest BCUT2D eigenvalue weighted by atomic mass is 10.3. The first kappa shape index (κ1) is 24.4. The van der Waals surface area contributed by atoms with Crippen molar-refractivity contribution in [3.8, 4) is 0 Å². The Hall–Kier alpha value is -3.28. The highest BCUT2D eigenvalue weighted by Gasteiger charge is 2.30. The Kier molecular flexibility index (Phi) is 7.15. The van der Waals surface area contributed by atoms with Crippen LogP contribution in [0.1, 0.15) is 0 Å². The van der Waals surface area contributed by atoms with E-state index in [4.69, 9.17) is 23.2 Å². The number of rotatable bonds is 7. The Bertz CT molecular complexity index is 1340. The molecule has 0 aliphatic carbocycles. The number of sulfonamides is 1. The zero-order valence-electron chi connectivity index (χ0n) is 16.3. The maximum absolute atomic E-state index is 13.9. The van der Waals surface area contributed by atoms with Crippen LogP contribution in [0.2, 0.25) is 10.0 Å². The molecule has 0 bridgehead atoms. The molecule has 13 heteroatoms. The first-order chi connectivity index (χ1) is 15.5. The van der Waals surface area contributed by atoms with Crippen molar-refractivity contribution in [1.82, 2.24) is 0 Å². The number of nitro groups is 1. The molecule has 0 radical (unpaired) electrons. The van der Waals surface area contributed by atoms with Crippen LogP contribution in [-0.2, 0) is 14.8 Å². The van der Waals surface area contributed by atoms with E-state index in [0.29, 0.717) is 10.4 Å². The number of hydrogen-bond acceptors (Lipinski definition) is 5. The van der Waals surface area contributed by atoms with Gasteiger partial charge in [-0.15, -0.1) is 0 Å². The average molecular weight is 516 g/mol. The molecule has 33 heavy (non-hydrogen) atoms. The Morgan fingerprint density at radius 3 is 2.30 bits per heavy atom. The normalized spacial score (nSPS) is 11.2. The van der Waals surface area contributed by atoms with Crippen molar-refractivity contribution in [1.29, 1.82) is 0 Å². The standard InChI is InChI=1S/C20H13Cl2F2N3O5S/c21-12-1-4-14(5-2-12)26(11-20(28)25-18-8-3-13(23)9-17(18)24)33(31,32)15-6-7-16(22)19(10-15)27(29)30/h1-10H,11H2,(H,25,28). The van der Waals surface area contributed by atoms with Gasteiger partial charge in [-0.3, -0.25) is 19.2 Å². The molecule has 0 fully saturated rings. The van der Waals surface area contributed by atoms with Crippen molar-refractivity contribution in [3.05, 3.63) is 92.5 Å². The van der Waals surface area contributed by atoms with E-state index in [9.17, 15) is 32.1 Å². The van der Waals surface area contributed by atoms with Crippen LogP contribution in [0.15, 0.2) is 65.6 Å². The first-order valence-corrected chi connectivity index (χ1v) is 11.2. The summed E-state index contributed by atoms with van der Waals surface area (Å²) in [5.74, 6) is -2.87. The number of carbonyl (C=O) groups excluding carboxylic acids is 1. The molecule has 3 aromatic carbocycles. The Labute approximate surface area is 196 Å². The molecule has 0 spiro atoms. The second kappa shape index (κ2) is 9.69. The average Bonchev–Trinajstić information content (AvgIpc) is 2.74. The molecule has 172 valence electrons. The van der Waals surface area contributed by atoms with E-state index < -0.39 is 49.6 Å². The van der Waals surface area contributed by atoms with Crippen molar-refractivity contribution in [2.75, 3.05) is 16.2 Å². The lowest BCUT2D eigenvalue weighted by Crippen LogP contribution is -2.38. The molecule has 1 amide bonds. The van der Waals surface area contributed by atoms with Crippen molar-refractivity contribution < 1.29 is 26.9 Å². The van der Waals surface area contributed by atoms with E-state index in [0.717, 1.165) is 30.3 Å². The molecule has 3 rings (SSSR count). The molecule has 0 unspecified atom stereocenters. The number of hydrogen-bond donors (Lipinski definition) is 1. The molecule has 0 heterocycles. The van der Waals surface area contributed by atoms with Gasteiger partial charge in [-0.2, -0.15) is 0 Å². The van der Waals surface area contributed by atoms with E-state index in [1.54, 1.807) is 0 Å². The van der Waals surface area contributed by atoms with Crippen LogP contribution in [0, 0.1) is 21.7 Å². The van der Waals surface area contributed by atoms with Gasteiger partial charge in [-0.05, 0) is 48.5 Å². The monoisotopic (exact) mass is 515 g/mol. The third-order valence-corrected chi connectivity index (χ3v) is 6.65. The summed E-state index contributed by atoms with van der Waals surface area (Å²) < 4.78 is 54.3. The predicted octanol–water partition coefficient (Wildman–Crippen LogP) is 5.01. The van der Waals surface area contributed by atoms with Crippen LogP contribution in [0.5, 0.6) is 0 Å². The zero-order chi connectivity index (χ0) is 24.3. The van der Waals surface area contributed by atoms with Crippen molar-refractivity contribution in [3.63, 3.8) is 0 Å². The number of anilines is 2. The smallest absolute Gasteiger partial charge is 0.289 e. The Morgan fingerprint density at radius 2 is 1.70 bits per heavy atom. The van der Waals surface area contributed by atoms with Crippen LogP contribution in [0.4, 0.5) is 25.8 Å². The van der Waals surface area contributed by atoms with E-state index in [1.807, 2.05) is 0 Å². The Balaban J connectivity index is 2.01. The van der Waals surface area contributed by atoms with Crippen molar-refractivity contribution >= 4 is 56.2 Å². The molecule has 0 aromatic heterocycles. The summed E-state index contributed by atoms with van der Waals surface area (Å²) in [7, 11) is -4.53. The van der Waals surface area contributed by atoms with Crippen LogP contribution >= 0.6 is 23.2 Å². The van der Waals surface area contributed by atoms with Gasteiger partial charge in [0.05, 0.1) is 21.2 Å². The molecule has 3 aromatic rings. The van der Waals surface area contributed by atoms with Crippen LogP contribution < -0.4 is 9.62 Å². The highest BCUT2D eigenvalue weighted by atomic mass is 35.5. The first-order valence-electron chi connectivity index (χ1n) is 8.96. The molecule has 1 N–H and O–H groups in total. The molecule has 0 aliphatic heterocycles. The van der Waals surface area contributed by atoms with Gasteiger partial charge >= 0.3 is 0 Å². The predicted molar refractivity (Wildman–Crippen MR) is 119 cm³/mol. The minimum atomic E-state index is -4.53. The summed E-state index contributed by atoms with van der Waals surface area (Å²) in [6.07, 6.45) is 0. The van der Waals surface area contributed by atoms with Crippen LogP contribution in [-0.4, -0.2) is 25.8 Å². The van der Waals surface area contributed by atoms with Gasteiger partial charge in [-0.1, -0.05) is 23.2 Å². The number of benzene rings is 3. The van der Waals surface area contributed by atoms with Gasteiger partial charge < -0.3 is 5.32 Å². The summed E-state index contributed by atoms with van der Waals surface area (Å²) in [5.41, 5.74) is -1.00. The summed E-state index contributed by atoms with van der Waals surface area (Å²) >= 11 is 11.6. The second-order valence-electron chi connectivity index (χ2n) is 6.53. The number of halogens is 4. The molecule has 0 aliphatic rings. The molecular formula is C20H13Cl2F2N3O5S. The van der Waals surface area contributed by atoms with Gasteiger partial charge in [0.25, 0.3) is 15.7 Å². The Morgan fingerprint density at radius 1 is 1.03 bits per heavy atom. The number of amides is 1. The van der Waals surface area contributed by atoms with Gasteiger partial charge in [0.2, 0.25) is 5.91 Å². The number of carbonyl (C=O) groups is 1. The maximum atomic E-state index is 13.9. The third-order valence-electron chi connectivity index (χ3n) is 4.31. The lowest BCUT2D eigenvalue weighted by molar-refractivity contribution is -0.384. The van der Waals surface area contributed by atoms with Gasteiger partial charge in [0.15, 0.2) is 0 Å². The number of nitro benzene ring substituents is 1. The minimum Gasteiger partial charge on any atom is -0.322 e. The molecular weight excluding hydrogens is 503 g/mol. The quantitative estimate of drug-likeness (QED) is 0.351. The molecule has 0 saturated heterocycles. The van der Waals surface area contributed by atoms with Crippen molar-refractivity contribution in [2.45, 2.75) is 4.90 Å². The third kappa shape index (κ3) is 5.56. The fourth-order valence-electron chi connectivity index (χ4n) is 2.75. The molecule has 0 saturated carbocycles. The SMILES string of the molecule is O=C(CN(c1ccc(Cl)cc1)S(=O)(=O)c1ccc(Cl)c([N+](=O)[O-])c1)Nc1ccc(F)cc1F. The zero-order valence-corrected chi connectivity index (χ0v) is 18.7. The number of nitrogens with one attached hydrogen (secondary N) is 1. The highest BCUT2D eigenvalue weighted by molar-refractivity contribution is 7.92. The lowest BCUT2D eigenvalue weighted by Gasteiger charge is -2.24. The summed E-state index contributed by atoms with van der Waals surface area (Å²) in [6, 6.07) is 10.7. The van der Waals surface area contributed by atoms with Gasteiger partial charge in [-0.25, -0.2) is 17.2 Å². The van der Waals surface area contributed by atoms with Crippen LogP contribution in [0.3, 0.4) is 0 Å². The van der Waals surface area contributed by atoms with E-state index in [-0.39, 0.29) is 21.4 Å². The topological polar surface area (TPSA) is 110 Å².